The summed E-state index contributed by atoms with van der Waals surface area (Å²) in [6, 6.07) is 5.46. The van der Waals surface area contributed by atoms with Gasteiger partial charge >= 0.3 is 0 Å². The second kappa shape index (κ2) is 9.88. The fourth-order valence-electron chi connectivity index (χ4n) is 0.692. The van der Waals surface area contributed by atoms with E-state index in [4.69, 9.17) is 23.2 Å². The highest BCUT2D eigenvalue weighted by Crippen LogP contribution is 2.17. The number of benzene rings is 1. The standard InChI is InChI=1S/C7H6Cl2.2C2H6/c1-5-2-6(8)4-7(9)3-5;2*1-2/h2-4H,1H3;2*1-2H3. The number of halogens is 2. The lowest BCUT2D eigenvalue weighted by atomic mass is 10.2. The average Bonchev–Trinajstić information content (AvgIpc) is 2.09. The highest BCUT2D eigenvalue weighted by atomic mass is 35.5. The topological polar surface area (TPSA) is 0 Å². The van der Waals surface area contributed by atoms with Crippen molar-refractivity contribution in [2.45, 2.75) is 34.6 Å². The van der Waals surface area contributed by atoms with E-state index in [0.29, 0.717) is 10.0 Å². The normalized spacial score (nSPS) is 7.62. The first-order valence-electron chi connectivity index (χ1n) is 4.61. The van der Waals surface area contributed by atoms with Crippen LogP contribution in [-0.2, 0) is 0 Å². The van der Waals surface area contributed by atoms with Crippen molar-refractivity contribution < 1.29 is 0 Å². The van der Waals surface area contributed by atoms with Gasteiger partial charge in [-0.05, 0) is 30.7 Å². The molecule has 76 valence electrons. The first-order valence-corrected chi connectivity index (χ1v) is 5.37. The molecular weight excluding hydrogens is 203 g/mol. The molecule has 0 bridgehead atoms. The van der Waals surface area contributed by atoms with Gasteiger partial charge in [-0.25, -0.2) is 0 Å². The van der Waals surface area contributed by atoms with Crippen molar-refractivity contribution in [3.8, 4) is 0 Å². The zero-order chi connectivity index (χ0) is 10.9. The molecule has 0 saturated carbocycles. The van der Waals surface area contributed by atoms with Gasteiger partial charge in [0.2, 0.25) is 0 Å². The van der Waals surface area contributed by atoms with Crippen LogP contribution in [-0.4, -0.2) is 0 Å². The first-order chi connectivity index (χ1) is 6.18. The molecule has 0 saturated heterocycles. The third kappa shape index (κ3) is 8.14. The summed E-state index contributed by atoms with van der Waals surface area (Å²) in [6.07, 6.45) is 0. The minimum atomic E-state index is 0.694. The van der Waals surface area contributed by atoms with Crippen LogP contribution in [0.2, 0.25) is 10.0 Å². The van der Waals surface area contributed by atoms with Crippen molar-refractivity contribution >= 4 is 23.2 Å². The van der Waals surface area contributed by atoms with Gasteiger partial charge in [-0.1, -0.05) is 50.9 Å². The summed E-state index contributed by atoms with van der Waals surface area (Å²) in [7, 11) is 0. The van der Waals surface area contributed by atoms with Crippen LogP contribution in [0.1, 0.15) is 33.3 Å². The molecule has 0 nitrogen and oxygen atoms in total. The molecule has 0 aliphatic rings. The second-order valence-corrected chi connectivity index (χ2v) is 2.82. The van der Waals surface area contributed by atoms with Gasteiger partial charge in [-0.3, -0.25) is 0 Å². The molecule has 1 aromatic carbocycles. The zero-order valence-corrected chi connectivity index (χ0v) is 10.5. The van der Waals surface area contributed by atoms with Gasteiger partial charge in [0.15, 0.2) is 0 Å². The second-order valence-electron chi connectivity index (χ2n) is 1.95. The fraction of sp³-hybridized carbons (Fsp3) is 0.455. The van der Waals surface area contributed by atoms with E-state index in [1.54, 1.807) is 6.07 Å². The molecule has 0 heterocycles. The van der Waals surface area contributed by atoms with E-state index in [2.05, 4.69) is 0 Å². The van der Waals surface area contributed by atoms with Crippen molar-refractivity contribution in [3.05, 3.63) is 33.8 Å². The van der Waals surface area contributed by atoms with Crippen LogP contribution < -0.4 is 0 Å². The predicted molar refractivity (Wildman–Crippen MR) is 63.9 cm³/mol. The van der Waals surface area contributed by atoms with Gasteiger partial charge < -0.3 is 0 Å². The summed E-state index contributed by atoms with van der Waals surface area (Å²) in [5.74, 6) is 0. The SMILES string of the molecule is CC.CC.Cc1cc(Cl)cc(Cl)c1. The minimum Gasteiger partial charge on any atom is -0.0843 e. The Kier molecular flexibility index (Phi) is 11.6. The number of aryl methyl sites for hydroxylation is 1. The molecule has 0 aromatic heterocycles. The maximum Gasteiger partial charge on any atom is 0.0423 e. The Morgan fingerprint density at radius 3 is 1.31 bits per heavy atom. The van der Waals surface area contributed by atoms with Gasteiger partial charge in [0, 0.05) is 10.0 Å². The highest BCUT2D eigenvalue weighted by Gasteiger charge is 1.90. The Labute approximate surface area is 91.9 Å². The highest BCUT2D eigenvalue weighted by molar-refractivity contribution is 6.34. The van der Waals surface area contributed by atoms with Crippen LogP contribution in [0.3, 0.4) is 0 Å². The summed E-state index contributed by atoms with van der Waals surface area (Å²) in [5.41, 5.74) is 1.09. The third-order valence-electron chi connectivity index (χ3n) is 1.01. The van der Waals surface area contributed by atoms with Crippen molar-refractivity contribution in [1.29, 1.82) is 0 Å². The van der Waals surface area contributed by atoms with E-state index in [1.165, 1.54) is 0 Å². The maximum absolute atomic E-state index is 5.67. The van der Waals surface area contributed by atoms with Crippen molar-refractivity contribution in [3.63, 3.8) is 0 Å². The fourth-order valence-corrected chi connectivity index (χ4v) is 1.33. The molecule has 0 amide bonds. The Morgan fingerprint density at radius 2 is 1.08 bits per heavy atom. The van der Waals surface area contributed by atoms with Crippen molar-refractivity contribution in [1.82, 2.24) is 0 Å². The lowest BCUT2D eigenvalue weighted by Crippen LogP contribution is -1.70. The first kappa shape index (κ1) is 15.3. The summed E-state index contributed by atoms with van der Waals surface area (Å²) in [5, 5.41) is 1.39. The summed E-state index contributed by atoms with van der Waals surface area (Å²) in [6.45, 7) is 9.96. The summed E-state index contributed by atoms with van der Waals surface area (Å²) >= 11 is 11.3. The van der Waals surface area contributed by atoms with E-state index in [1.807, 2.05) is 46.8 Å². The molecule has 0 aliphatic heterocycles. The van der Waals surface area contributed by atoms with Gasteiger partial charge in [0.05, 0.1) is 0 Å². The zero-order valence-electron chi connectivity index (χ0n) is 8.99. The largest absolute Gasteiger partial charge is 0.0843 e. The minimum absolute atomic E-state index is 0.694. The van der Waals surface area contributed by atoms with Gasteiger partial charge in [-0.15, -0.1) is 0 Å². The van der Waals surface area contributed by atoms with Crippen LogP contribution >= 0.6 is 23.2 Å². The maximum atomic E-state index is 5.67. The molecule has 0 atom stereocenters. The van der Waals surface area contributed by atoms with Crippen LogP contribution in [0.15, 0.2) is 18.2 Å². The molecule has 0 radical (unpaired) electrons. The molecule has 0 aliphatic carbocycles. The van der Waals surface area contributed by atoms with Crippen LogP contribution in [0.4, 0.5) is 0 Å². The molecule has 1 aromatic rings. The van der Waals surface area contributed by atoms with Gasteiger partial charge in [-0.2, -0.15) is 0 Å². The lowest BCUT2D eigenvalue weighted by Gasteiger charge is -1.93. The van der Waals surface area contributed by atoms with E-state index in [9.17, 15) is 0 Å². The Morgan fingerprint density at radius 1 is 0.769 bits per heavy atom. The molecule has 0 N–H and O–H groups in total. The molecule has 1 rings (SSSR count). The molecule has 0 unspecified atom stereocenters. The predicted octanol–water partition coefficient (Wildman–Crippen LogP) is 5.35. The molecular formula is C11H18Cl2. The number of hydrogen-bond acceptors (Lipinski definition) is 0. The van der Waals surface area contributed by atoms with Crippen LogP contribution in [0.5, 0.6) is 0 Å². The summed E-state index contributed by atoms with van der Waals surface area (Å²) < 4.78 is 0. The van der Waals surface area contributed by atoms with E-state index in [-0.39, 0.29) is 0 Å². The Bertz CT molecular complexity index is 169. The van der Waals surface area contributed by atoms with E-state index in [0.717, 1.165) is 5.56 Å². The quantitative estimate of drug-likeness (QED) is 0.553. The molecule has 13 heavy (non-hydrogen) atoms. The average molecular weight is 221 g/mol. The Hall–Kier alpha value is -0.200. The van der Waals surface area contributed by atoms with Gasteiger partial charge in [0.25, 0.3) is 0 Å². The van der Waals surface area contributed by atoms with Crippen LogP contribution in [0.25, 0.3) is 0 Å². The third-order valence-corrected chi connectivity index (χ3v) is 1.44. The molecule has 2 heteroatoms. The van der Waals surface area contributed by atoms with Crippen molar-refractivity contribution in [2.24, 2.45) is 0 Å². The monoisotopic (exact) mass is 220 g/mol. The summed E-state index contributed by atoms with van der Waals surface area (Å²) in [4.78, 5) is 0. The lowest BCUT2D eigenvalue weighted by molar-refractivity contribution is 1.47. The number of hydrogen-bond donors (Lipinski definition) is 0. The molecule has 0 spiro atoms. The number of rotatable bonds is 0. The Balaban J connectivity index is 0. The van der Waals surface area contributed by atoms with Crippen molar-refractivity contribution in [2.75, 3.05) is 0 Å². The van der Waals surface area contributed by atoms with E-state index < -0.39 is 0 Å². The van der Waals surface area contributed by atoms with Crippen LogP contribution in [0, 0.1) is 6.92 Å². The smallest absolute Gasteiger partial charge is 0.0423 e. The molecule has 0 fully saturated rings. The van der Waals surface area contributed by atoms with E-state index >= 15 is 0 Å². The van der Waals surface area contributed by atoms with Gasteiger partial charge in [0.1, 0.15) is 0 Å².